The van der Waals surface area contributed by atoms with Crippen molar-refractivity contribution in [3.05, 3.63) is 38.8 Å². The van der Waals surface area contributed by atoms with Crippen LogP contribution in [0, 0.1) is 21.4 Å². The number of nitro groups is 1. The molecule has 7 nitrogen and oxygen atoms in total. The molecular weight excluding hydrogens is 322 g/mol. The van der Waals surface area contributed by atoms with Gasteiger partial charge in [-0.1, -0.05) is 27.2 Å². The van der Waals surface area contributed by atoms with E-state index >= 15 is 0 Å². The van der Waals surface area contributed by atoms with Gasteiger partial charge in [-0.05, 0) is 37.0 Å². The summed E-state index contributed by atoms with van der Waals surface area (Å²) in [5, 5.41) is 13.8. The van der Waals surface area contributed by atoms with Gasteiger partial charge in [0.1, 0.15) is 6.54 Å². The molecule has 1 saturated carbocycles. The van der Waals surface area contributed by atoms with Gasteiger partial charge >= 0.3 is 0 Å². The van der Waals surface area contributed by atoms with Gasteiger partial charge in [-0.3, -0.25) is 24.3 Å². The topological polar surface area (TPSA) is 94.2 Å². The first kappa shape index (κ1) is 19.1. The molecule has 0 saturated heterocycles. The van der Waals surface area contributed by atoms with Gasteiger partial charge in [-0.15, -0.1) is 0 Å². The summed E-state index contributed by atoms with van der Waals surface area (Å²) in [5.41, 5.74) is -0.297. The van der Waals surface area contributed by atoms with Crippen LogP contribution in [-0.4, -0.2) is 21.4 Å². The largest absolute Gasteiger partial charge is 0.352 e. The summed E-state index contributed by atoms with van der Waals surface area (Å²) in [7, 11) is 0. The molecule has 0 bridgehead atoms. The van der Waals surface area contributed by atoms with E-state index in [1.165, 1.54) is 0 Å². The molecule has 2 rings (SSSR count). The van der Waals surface area contributed by atoms with Gasteiger partial charge in [0.15, 0.2) is 0 Å². The van der Waals surface area contributed by atoms with E-state index < -0.39 is 10.5 Å². The van der Waals surface area contributed by atoms with Gasteiger partial charge < -0.3 is 5.32 Å². The predicted octanol–water partition coefficient (Wildman–Crippen LogP) is 2.87. The van der Waals surface area contributed by atoms with Gasteiger partial charge in [0.25, 0.3) is 11.2 Å². The Morgan fingerprint density at radius 1 is 1.32 bits per heavy atom. The van der Waals surface area contributed by atoms with Gasteiger partial charge in [0.05, 0.1) is 11.1 Å². The summed E-state index contributed by atoms with van der Waals surface area (Å²) in [6, 6.07) is 2.38. The number of nitrogens with zero attached hydrogens (tertiary/aromatic N) is 2. The lowest BCUT2D eigenvalue weighted by molar-refractivity contribution is -0.385. The Hall–Kier alpha value is -2.18. The van der Waals surface area contributed by atoms with E-state index in [2.05, 4.69) is 26.1 Å². The molecule has 1 fully saturated rings. The van der Waals surface area contributed by atoms with E-state index in [4.69, 9.17) is 0 Å². The minimum Gasteiger partial charge on any atom is -0.352 e. The molecule has 25 heavy (non-hydrogen) atoms. The lowest BCUT2D eigenvalue weighted by Gasteiger charge is -2.39. The number of rotatable bonds is 6. The average Bonchev–Trinajstić information content (AvgIpc) is 2.57. The van der Waals surface area contributed by atoms with Crippen LogP contribution < -0.4 is 10.9 Å². The van der Waals surface area contributed by atoms with Gasteiger partial charge in [-0.25, -0.2) is 0 Å². The highest BCUT2D eigenvalue weighted by atomic mass is 16.6. The Kier molecular flexibility index (Phi) is 5.98. The maximum absolute atomic E-state index is 12.2. The Morgan fingerprint density at radius 2 is 1.96 bits per heavy atom. The molecule has 0 atom stereocenters. The second kappa shape index (κ2) is 7.80. The zero-order valence-electron chi connectivity index (χ0n) is 15.2. The Bertz CT molecular complexity index is 688. The molecule has 1 N–H and O–H groups in total. The zero-order chi connectivity index (χ0) is 18.6. The summed E-state index contributed by atoms with van der Waals surface area (Å²) in [6.07, 6.45) is 6.30. The summed E-state index contributed by atoms with van der Waals surface area (Å²) in [4.78, 5) is 34.2. The molecule has 1 aromatic heterocycles. The molecular formula is C18H27N3O4. The number of carbonyl (C=O) groups excluding carboxylic acids is 1. The maximum Gasteiger partial charge on any atom is 0.285 e. The van der Waals surface area contributed by atoms with Crippen LogP contribution in [-0.2, 0) is 11.3 Å². The average molecular weight is 349 g/mol. The highest BCUT2D eigenvalue weighted by Gasteiger charge is 2.32. The van der Waals surface area contributed by atoms with Crippen LogP contribution in [0.5, 0.6) is 0 Å². The van der Waals surface area contributed by atoms with E-state index in [-0.39, 0.29) is 24.2 Å². The standard InChI is InChI=1S/C18H27N3O4/c1-4-18(2,3)13-5-7-14(8-6-13)19-16(22)12-20-11-15(21(24)25)9-10-17(20)23/h9-11,13-14H,4-8,12H2,1-3H3,(H,19,22). The Morgan fingerprint density at radius 3 is 2.52 bits per heavy atom. The van der Waals surface area contributed by atoms with Crippen molar-refractivity contribution in [2.24, 2.45) is 11.3 Å². The SMILES string of the molecule is CCC(C)(C)C1CCC(NC(=O)Cn2cc([N+](=O)[O-])ccc2=O)CC1. The number of hydrogen-bond acceptors (Lipinski definition) is 4. The van der Waals surface area contributed by atoms with Crippen molar-refractivity contribution in [2.75, 3.05) is 0 Å². The second-order valence-electron chi connectivity index (χ2n) is 7.57. The predicted molar refractivity (Wildman–Crippen MR) is 95.3 cm³/mol. The molecule has 0 radical (unpaired) electrons. The van der Waals surface area contributed by atoms with E-state index in [1.54, 1.807) is 0 Å². The smallest absolute Gasteiger partial charge is 0.285 e. The lowest BCUT2D eigenvalue weighted by Crippen LogP contribution is -2.42. The van der Waals surface area contributed by atoms with Crippen molar-refractivity contribution in [2.45, 2.75) is 65.5 Å². The molecule has 7 heteroatoms. The fourth-order valence-corrected chi connectivity index (χ4v) is 3.49. The molecule has 1 amide bonds. The van der Waals surface area contributed by atoms with E-state index in [9.17, 15) is 19.7 Å². The van der Waals surface area contributed by atoms with Crippen LogP contribution in [0.1, 0.15) is 52.9 Å². The minimum atomic E-state index is -0.579. The fraction of sp³-hybridized carbons (Fsp3) is 0.667. The van der Waals surface area contributed by atoms with E-state index in [1.807, 2.05) is 0 Å². The molecule has 1 heterocycles. The van der Waals surface area contributed by atoms with Gasteiger partial charge in [-0.2, -0.15) is 0 Å². The van der Waals surface area contributed by atoms with Crippen LogP contribution in [0.2, 0.25) is 0 Å². The van der Waals surface area contributed by atoms with Crippen molar-refractivity contribution >= 4 is 11.6 Å². The number of aromatic nitrogens is 1. The number of carbonyl (C=O) groups is 1. The van der Waals surface area contributed by atoms with Crippen molar-refractivity contribution in [3.8, 4) is 0 Å². The van der Waals surface area contributed by atoms with Gasteiger partial charge in [0.2, 0.25) is 5.91 Å². The van der Waals surface area contributed by atoms with Crippen molar-refractivity contribution in [3.63, 3.8) is 0 Å². The van der Waals surface area contributed by atoms with Crippen LogP contribution >= 0.6 is 0 Å². The third kappa shape index (κ3) is 4.90. The van der Waals surface area contributed by atoms with Crippen LogP contribution in [0.15, 0.2) is 23.1 Å². The summed E-state index contributed by atoms with van der Waals surface area (Å²) >= 11 is 0. The molecule has 1 aromatic rings. The van der Waals surface area contributed by atoms with Gasteiger partial charge in [0, 0.05) is 18.2 Å². The highest BCUT2D eigenvalue weighted by Crippen LogP contribution is 2.40. The summed E-state index contributed by atoms with van der Waals surface area (Å²) < 4.78 is 1.08. The number of pyridine rings is 1. The highest BCUT2D eigenvalue weighted by molar-refractivity contribution is 5.76. The van der Waals surface area contributed by atoms with E-state index in [0.717, 1.165) is 55.0 Å². The summed E-state index contributed by atoms with van der Waals surface area (Å²) in [6.45, 7) is 6.61. The van der Waals surface area contributed by atoms with Crippen LogP contribution in [0.25, 0.3) is 0 Å². The van der Waals surface area contributed by atoms with Crippen molar-refractivity contribution in [1.29, 1.82) is 0 Å². The first-order chi connectivity index (χ1) is 11.7. The van der Waals surface area contributed by atoms with Crippen LogP contribution in [0.3, 0.4) is 0 Å². The molecule has 0 unspecified atom stereocenters. The second-order valence-corrected chi connectivity index (χ2v) is 7.57. The first-order valence-electron chi connectivity index (χ1n) is 8.87. The Balaban J connectivity index is 1.91. The summed E-state index contributed by atoms with van der Waals surface area (Å²) in [5.74, 6) is 0.394. The molecule has 0 aromatic carbocycles. The van der Waals surface area contributed by atoms with Crippen LogP contribution in [0.4, 0.5) is 5.69 Å². The third-order valence-electron chi connectivity index (χ3n) is 5.60. The molecule has 1 aliphatic carbocycles. The fourth-order valence-electron chi connectivity index (χ4n) is 3.49. The minimum absolute atomic E-state index is 0.116. The number of hydrogen-bond donors (Lipinski definition) is 1. The molecule has 0 aliphatic heterocycles. The quantitative estimate of drug-likeness (QED) is 0.631. The third-order valence-corrected chi connectivity index (χ3v) is 5.60. The van der Waals surface area contributed by atoms with E-state index in [0.29, 0.717) is 11.3 Å². The van der Waals surface area contributed by atoms with Crippen molar-refractivity contribution < 1.29 is 9.72 Å². The lowest BCUT2D eigenvalue weighted by atomic mass is 9.69. The molecule has 0 spiro atoms. The molecule has 138 valence electrons. The first-order valence-corrected chi connectivity index (χ1v) is 8.87. The monoisotopic (exact) mass is 349 g/mol. The number of nitrogens with one attached hydrogen (secondary N) is 1. The van der Waals surface area contributed by atoms with Crippen molar-refractivity contribution in [1.82, 2.24) is 9.88 Å². The normalized spacial score (nSPS) is 20.9. The Labute approximate surface area is 147 Å². The molecule has 1 aliphatic rings. The number of amides is 1. The zero-order valence-corrected chi connectivity index (χ0v) is 15.2. The maximum atomic E-state index is 12.2.